The van der Waals surface area contributed by atoms with Gasteiger partial charge in [-0.05, 0) is 31.5 Å². The van der Waals surface area contributed by atoms with Crippen LogP contribution in [0.5, 0.6) is 0 Å². The van der Waals surface area contributed by atoms with Crippen LogP contribution in [0.4, 0.5) is 11.4 Å². The Morgan fingerprint density at radius 1 is 1.53 bits per heavy atom. The molecule has 1 heterocycles. The third-order valence-corrected chi connectivity index (χ3v) is 3.02. The average molecular weight is 227 g/mol. The molecule has 1 saturated heterocycles. The molecule has 3 nitrogen and oxygen atoms in total. The highest BCUT2D eigenvalue weighted by Gasteiger charge is 2.32. The number of aliphatic hydroxyl groups is 1. The molecule has 1 atom stereocenters. The van der Waals surface area contributed by atoms with Crippen LogP contribution in [0, 0.1) is 0 Å². The van der Waals surface area contributed by atoms with Crippen LogP contribution in [-0.2, 0) is 0 Å². The maximum atomic E-state index is 9.87. The van der Waals surface area contributed by atoms with Crippen LogP contribution in [0.15, 0.2) is 18.2 Å². The zero-order chi connectivity index (χ0) is 11.1. The molecular weight excluding hydrogens is 212 g/mol. The number of nitrogens with zero attached hydrogens (tertiary/aromatic N) is 1. The van der Waals surface area contributed by atoms with Gasteiger partial charge in [0.15, 0.2) is 0 Å². The number of nitrogens with two attached hydrogens (primary N) is 1. The minimum Gasteiger partial charge on any atom is -0.397 e. The van der Waals surface area contributed by atoms with Crippen molar-refractivity contribution in [3.05, 3.63) is 23.2 Å². The summed E-state index contributed by atoms with van der Waals surface area (Å²) in [5.74, 6) is 0. The van der Waals surface area contributed by atoms with Crippen molar-refractivity contribution in [2.75, 3.05) is 23.7 Å². The lowest BCUT2D eigenvalue weighted by molar-refractivity contribution is 0.0839. The van der Waals surface area contributed by atoms with Gasteiger partial charge in [-0.1, -0.05) is 11.6 Å². The molecule has 4 heteroatoms. The van der Waals surface area contributed by atoms with Crippen LogP contribution < -0.4 is 10.6 Å². The Hall–Kier alpha value is -0.930. The summed E-state index contributed by atoms with van der Waals surface area (Å²) < 4.78 is 0. The lowest BCUT2D eigenvalue weighted by Gasteiger charge is -2.22. The minimum atomic E-state index is -0.616. The van der Waals surface area contributed by atoms with Gasteiger partial charge in [-0.3, -0.25) is 0 Å². The monoisotopic (exact) mass is 226 g/mol. The topological polar surface area (TPSA) is 49.5 Å². The number of benzene rings is 1. The Balaban J connectivity index is 2.27. The number of nitrogen functional groups attached to an aromatic ring is 1. The average Bonchev–Trinajstić information content (AvgIpc) is 2.50. The molecule has 0 bridgehead atoms. The summed E-state index contributed by atoms with van der Waals surface area (Å²) in [5, 5.41) is 10.5. The van der Waals surface area contributed by atoms with E-state index in [0.29, 0.717) is 17.3 Å². The highest BCUT2D eigenvalue weighted by molar-refractivity contribution is 6.31. The quantitative estimate of drug-likeness (QED) is 0.719. The molecule has 1 aliphatic rings. The van der Waals surface area contributed by atoms with Gasteiger partial charge in [0.25, 0.3) is 0 Å². The van der Waals surface area contributed by atoms with Crippen LogP contribution in [0.2, 0.25) is 5.02 Å². The Bertz CT molecular complexity index is 379. The third-order valence-electron chi connectivity index (χ3n) is 2.78. The molecule has 15 heavy (non-hydrogen) atoms. The summed E-state index contributed by atoms with van der Waals surface area (Å²) in [6.45, 7) is 3.27. The molecule has 3 N–H and O–H groups in total. The molecule has 0 saturated carbocycles. The van der Waals surface area contributed by atoms with E-state index >= 15 is 0 Å². The Kier molecular flexibility index (Phi) is 2.52. The number of hydrogen-bond acceptors (Lipinski definition) is 3. The highest BCUT2D eigenvalue weighted by Crippen LogP contribution is 2.32. The smallest absolute Gasteiger partial charge is 0.0810 e. The van der Waals surface area contributed by atoms with E-state index in [1.807, 2.05) is 13.0 Å². The van der Waals surface area contributed by atoms with E-state index in [4.69, 9.17) is 17.3 Å². The van der Waals surface area contributed by atoms with E-state index in [1.54, 1.807) is 12.1 Å². The van der Waals surface area contributed by atoms with Gasteiger partial charge in [0.2, 0.25) is 0 Å². The van der Waals surface area contributed by atoms with Gasteiger partial charge in [0.1, 0.15) is 0 Å². The van der Waals surface area contributed by atoms with Crippen molar-refractivity contribution in [3.63, 3.8) is 0 Å². The van der Waals surface area contributed by atoms with Crippen molar-refractivity contribution < 1.29 is 5.11 Å². The lowest BCUT2D eigenvalue weighted by Crippen LogP contribution is -2.29. The second-order valence-corrected chi connectivity index (χ2v) is 4.81. The summed E-state index contributed by atoms with van der Waals surface area (Å²) in [4.78, 5) is 2.07. The van der Waals surface area contributed by atoms with Gasteiger partial charge in [-0.2, -0.15) is 0 Å². The second-order valence-electron chi connectivity index (χ2n) is 4.37. The SMILES string of the molecule is CC1(O)CCN(c2cc(Cl)ccc2N)C1. The predicted molar refractivity (Wildman–Crippen MR) is 63.3 cm³/mol. The maximum Gasteiger partial charge on any atom is 0.0810 e. The fourth-order valence-corrected chi connectivity index (χ4v) is 2.11. The molecule has 0 spiro atoms. The summed E-state index contributed by atoms with van der Waals surface area (Å²) in [6, 6.07) is 5.41. The predicted octanol–water partition coefficient (Wildman–Crippen LogP) is 1.88. The van der Waals surface area contributed by atoms with Crippen LogP contribution in [-0.4, -0.2) is 23.8 Å². The van der Waals surface area contributed by atoms with Crippen LogP contribution in [0.1, 0.15) is 13.3 Å². The van der Waals surface area contributed by atoms with Crippen LogP contribution in [0.3, 0.4) is 0 Å². The van der Waals surface area contributed by atoms with E-state index in [1.165, 1.54) is 0 Å². The first-order valence-corrected chi connectivity index (χ1v) is 5.38. The number of rotatable bonds is 1. The van der Waals surface area contributed by atoms with E-state index in [-0.39, 0.29) is 0 Å². The highest BCUT2D eigenvalue weighted by atomic mass is 35.5. The number of anilines is 2. The first kappa shape index (κ1) is 10.6. The molecule has 0 aromatic heterocycles. The Morgan fingerprint density at radius 3 is 2.87 bits per heavy atom. The second kappa shape index (κ2) is 3.58. The van der Waals surface area contributed by atoms with Gasteiger partial charge in [-0.25, -0.2) is 0 Å². The van der Waals surface area contributed by atoms with Crippen molar-refractivity contribution in [2.45, 2.75) is 18.9 Å². The molecular formula is C11H15ClN2O. The molecule has 0 aliphatic carbocycles. The first-order chi connectivity index (χ1) is 6.98. The fourth-order valence-electron chi connectivity index (χ4n) is 1.94. The van der Waals surface area contributed by atoms with Gasteiger partial charge in [0, 0.05) is 18.1 Å². The zero-order valence-corrected chi connectivity index (χ0v) is 9.46. The van der Waals surface area contributed by atoms with E-state index < -0.39 is 5.60 Å². The lowest BCUT2D eigenvalue weighted by atomic mass is 10.1. The molecule has 0 amide bonds. The standard InChI is InChI=1S/C11H15ClN2O/c1-11(15)4-5-14(7-11)10-6-8(12)2-3-9(10)13/h2-3,6,15H,4-5,7,13H2,1H3. The molecule has 2 rings (SSSR count). The van der Waals surface area contributed by atoms with Crippen molar-refractivity contribution in [1.82, 2.24) is 0 Å². The van der Waals surface area contributed by atoms with Gasteiger partial charge in [-0.15, -0.1) is 0 Å². The van der Waals surface area contributed by atoms with E-state index in [0.717, 1.165) is 18.7 Å². The van der Waals surface area contributed by atoms with Gasteiger partial charge < -0.3 is 15.7 Å². The summed E-state index contributed by atoms with van der Waals surface area (Å²) in [5.41, 5.74) is 6.88. The van der Waals surface area contributed by atoms with Crippen molar-refractivity contribution in [2.24, 2.45) is 0 Å². The molecule has 1 fully saturated rings. The molecule has 0 radical (unpaired) electrons. The summed E-state index contributed by atoms with van der Waals surface area (Å²) in [7, 11) is 0. The third kappa shape index (κ3) is 2.19. The first-order valence-electron chi connectivity index (χ1n) is 5.00. The molecule has 1 aliphatic heterocycles. The maximum absolute atomic E-state index is 9.87. The number of halogens is 1. The largest absolute Gasteiger partial charge is 0.397 e. The van der Waals surface area contributed by atoms with Crippen molar-refractivity contribution in [3.8, 4) is 0 Å². The summed E-state index contributed by atoms with van der Waals surface area (Å²) in [6.07, 6.45) is 0.763. The molecule has 1 aromatic carbocycles. The normalized spacial score (nSPS) is 25.9. The van der Waals surface area contributed by atoms with Crippen molar-refractivity contribution in [1.29, 1.82) is 0 Å². The number of hydrogen-bond donors (Lipinski definition) is 2. The van der Waals surface area contributed by atoms with Crippen LogP contribution >= 0.6 is 11.6 Å². The summed E-state index contributed by atoms with van der Waals surface area (Å²) >= 11 is 5.92. The Morgan fingerprint density at radius 2 is 2.27 bits per heavy atom. The van der Waals surface area contributed by atoms with Crippen molar-refractivity contribution >= 4 is 23.0 Å². The van der Waals surface area contributed by atoms with Gasteiger partial charge >= 0.3 is 0 Å². The molecule has 82 valence electrons. The van der Waals surface area contributed by atoms with E-state index in [2.05, 4.69) is 4.90 Å². The zero-order valence-electron chi connectivity index (χ0n) is 8.70. The molecule has 1 aromatic rings. The van der Waals surface area contributed by atoms with E-state index in [9.17, 15) is 5.11 Å². The minimum absolute atomic E-state index is 0.609. The number of β-amino-alcohol motifs (C(OH)–C–C–N with tert-alkyl or cyclic N) is 1. The van der Waals surface area contributed by atoms with Crippen LogP contribution in [0.25, 0.3) is 0 Å². The molecule has 1 unspecified atom stereocenters. The van der Waals surface area contributed by atoms with Gasteiger partial charge in [0.05, 0.1) is 17.0 Å². The Labute approximate surface area is 94.4 Å². The fraction of sp³-hybridized carbons (Fsp3) is 0.455.